The predicted molar refractivity (Wildman–Crippen MR) is 132 cm³/mol. The fraction of sp³-hybridized carbons (Fsp3) is 0.261. The van der Waals surface area contributed by atoms with E-state index in [-0.39, 0.29) is 24.8 Å². The van der Waals surface area contributed by atoms with Crippen LogP contribution in [-0.2, 0) is 7.05 Å². The second-order valence-corrected chi connectivity index (χ2v) is 8.32. The minimum Gasteiger partial charge on any atom is -0.489 e. The molecule has 0 spiro atoms. The number of aromatic amines is 1. The minimum absolute atomic E-state index is 0.134. The number of carbonyl (C=O) groups is 1. The van der Waals surface area contributed by atoms with Crippen molar-refractivity contribution < 1.29 is 18.7 Å². The summed E-state index contributed by atoms with van der Waals surface area (Å²) in [5, 5.41) is 12.0. The van der Waals surface area contributed by atoms with Gasteiger partial charge >= 0.3 is 0 Å². The Bertz CT molecular complexity index is 1400. The third-order valence-electron chi connectivity index (χ3n) is 5.25. The van der Waals surface area contributed by atoms with Gasteiger partial charge < -0.3 is 14.4 Å². The molecule has 0 radical (unpaired) electrons. The summed E-state index contributed by atoms with van der Waals surface area (Å²) in [5.41, 5.74) is 2.36. The zero-order valence-electron chi connectivity index (χ0n) is 19.4. The molecule has 1 N–H and O–H groups in total. The van der Waals surface area contributed by atoms with Crippen molar-refractivity contribution in [1.82, 2.24) is 34.8 Å². The Morgan fingerprint density at radius 3 is 2.86 bits per heavy atom. The summed E-state index contributed by atoms with van der Waals surface area (Å²) in [6, 6.07) is 3.03. The quantitative estimate of drug-likeness (QED) is 0.319. The van der Waals surface area contributed by atoms with Crippen LogP contribution in [0.25, 0.3) is 28.2 Å². The van der Waals surface area contributed by atoms with Crippen molar-refractivity contribution in [3.05, 3.63) is 52.9 Å². The molecule has 0 aliphatic carbocycles. The summed E-state index contributed by atoms with van der Waals surface area (Å²) in [6.07, 6.45) is 4.43. The van der Waals surface area contributed by atoms with Crippen molar-refractivity contribution in [2.75, 3.05) is 26.8 Å². The number of aryl methyl sites for hydroxylation is 1. The molecule has 0 atom stereocenters. The first-order valence-corrected chi connectivity index (χ1v) is 11.5. The number of amides is 1. The van der Waals surface area contributed by atoms with Gasteiger partial charge in [0.1, 0.15) is 22.5 Å². The van der Waals surface area contributed by atoms with Crippen LogP contribution in [0.2, 0.25) is 0 Å². The highest BCUT2D eigenvalue weighted by atomic mass is 79.9. The molecule has 0 fully saturated rings. The van der Waals surface area contributed by atoms with Gasteiger partial charge in [0.2, 0.25) is 11.8 Å². The molecule has 4 aromatic rings. The van der Waals surface area contributed by atoms with Crippen LogP contribution in [0.3, 0.4) is 0 Å². The Hall–Kier alpha value is -3.80. The number of hydrogen-bond donors (Lipinski definition) is 1. The highest BCUT2D eigenvalue weighted by Gasteiger charge is 2.23. The van der Waals surface area contributed by atoms with Crippen LogP contribution < -0.4 is 9.47 Å². The van der Waals surface area contributed by atoms with E-state index in [0.29, 0.717) is 45.2 Å². The van der Waals surface area contributed by atoms with E-state index in [4.69, 9.17) is 9.47 Å². The average Bonchev–Trinajstić information content (AvgIpc) is 3.38. The van der Waals surface area contributed by atoms with Crippen molar-refractivity contribution in [3.8, 4) is 22.9 Å². The number of halogens is 2. The van der Waals surface area contributed by atoms with Gasteiger partial charge in [-0.15, -0.1) is 0 Å². The van der Waals surface area contributed by atoms with Gasteiger partial charge in [0.15, 0.2) is 5.69 Å². The van der Waals surface area contributed by atoms with Crippen LogP contribution in [0.5, 0.6) is 11.6 Å². The standard InChI is InChI=1S/C23H23BrFN7O3/c1-5-13-20(30-32(4)23(13)34-6-2)22(33)31(3)7-8-35-18-12-27-19(25)10-14(18)16-9-15-17(11-26-16)28-29-21(15)24/h5,9-12H,1,6-8H2,2-4H3,(H,28,29). The first-order valence-electron chi connectivity index (χ1n) is 10.7. The van der Waals surface area contributed by atoms with Crippen molar-refractivity contribution in [2.45, 2.75) is 6.92 Å². The highest BCUT2D eigenvalue weighted by Crippen LogP contribution is 2.32. The van der Waals surface area contributed by atoms with E-state index in [2.05, 4.69) is 47.8 Å². The second-order valence-electron chi connectivity index (χ2n) is 7.53. The molecule has 0 saturated carbocycles. The Balaban J connectivity index is 1.50. The van der Waals surface area contributed by atoms with Crippen LogP contribution in [0.4, 0.5) is 4.39 Å². The Morgan fingerprint density at radius 1 is 1.31 bits per heavy atom. The summed E-state index contributed by atoms with van der Waals surface area (Å²) >= 11 is 3.40. The van der Waals surface area contributed by atoms with Gasteiger partial charge in [0.25, 0.3) is 5.91 Å². The molecule has 0 unspecified atom stereocenters. The maximum atomic E-state index is 14.0. The number of ether oxygens (including phenoxy) is 2. The maximum absolute atomic E-state index is 14.0. The van der Waals surface area contributed by atoms with Crippen molar-refractivity contribution in [3.63, 3.8) is 0 Å². The largest absolute Gasteiger partial charge is 0.489 e. The smallest absolute Gasteiger partial charge is 0.274 e. The molecule has 4 rings (SSSR count). The average molecular weight is 544 g/mol. The molecule has 0 bridgehead atoms. The minimum atomic E-state index is -0.662. The summed E-state index contributed by atoms with van der Waals surface area (Å²) in [5.74, 6) is -0.155. The molecule has 182 valence electrons. The fourth-order valence-corrected chi connectivity index (χ4v) is 3.92. The van der Waals surface area contributed by atoms with Gasteiger partial charge in [-0.1, -0.05) is 12.7 Å². The van der Waals surface area contributed by atoms with E-state index < -0.39 is 5.95 Å². The van der Waals surface area contributed by atoms with Gasteiger partial charge in [-0.2, -0.15) is 14.6 Å². The Morgan fingerprint density at radius 2 is 2.11 bits per heavy atom. The number of carbonyl (C=O) groups excluding carboxylic acids is 1. The molecule has 0 saturated heterocycles. The Labute approximate surface area is 208 Å². The first kappa shape index (κ1) is 24.3. The van der Waals surface area contributed by atoms with Crippen LogP contribution in [0.15, 0.2) is 35.7 Å². The third-order valence-corrected chi connectivity index (χ3v) is 5.86. The monoisotopic (exact) mass is 543 g/mol. The molecule has 0 aromatic carbocycles. The van der Waals surface area contributed by atoms with Crippen LogP contribution in [0.1, 0.15) is 23.0 Å². The number of nitrogens with one attached hydrogen (secondary N) is 1. The second kappa shape index (κ2) is 10.2. The van der Waals surface area contributed by atoms with Crippen molar-refractivity contribution in [1.29, 1.82) is 0 Å². The lowest BCUT2D eigenvalue weighted by molar-refractivity contribution is 0.0767. The van der Waals surface area contributed by atoms with Crippen molar-refractivity contribution >= 4 is 38.8 Å². The Kier molecular flexibility index (Phi) is 7.10. The van der Waals surface area contributed by atoms with Gasteiger partial charge in [-0.3, -0.25) is 14.9 Å². The summed E-state index contributed by atoms with van der Waals surface area (Å²) in [4.78, 5) is 22.6. The summed E-state index contributed by atoms with van der Waals surface area (Å²) < 4.78 is 27.6. The summed E-state index contributed by atoms with van der Waals surface area (Å²) in [6.45, 7) is 6.44. The van der Waals surface area contributed by atoms with Gasteiger partial charge in [0.05, 0.1) is 36.8 Å². The van der Waals surface area contributed by atoms with E-state index in [9.17, 15) is 9.18 Å². The zero-order chi connectivity index (χ0) is 25.1. The molecule has 12 heteroatoms. The number of H-pyrrole nitrogens is 1. The molecule has 0 aliphatic rings. The van der Waals surface area contributed by atoms with Gasteiger partial charge in [-0.05, 0) is 28.9 Å². The molecule has 0 aliphatic heterocycles. The predicted octanol–water partition coefficient (Wildman–Crippen LogP) is 3.85. The van der Waals surface area contributed by atoms with E-state index in [1.54, 1.807) is 32.4 Å². The SMILES string of the molecule is C=Cc1c(C(=O)N(C)CCOc2cnc(F)cc2-c2cc3c(Br)[nH]nc3cn2)nn(C)c1OCC. The van der Waals surface area contributed by atoms with E-state index in [0.717, 1.165) is 5.39 Å². The van der Waals surface area contributed by atoms with Crippen LogP contribution in [0, 0.1) is 5.95 Å². The first-order chi connectivity index (χ1) is 16.8. The fourth-order valence-electron chi connectivity index (χ4n) is 3.51. The van der Waals surface area contributed by atoms with Crippen LogP contribution in [-0.4, -0.2) is 67.6 Å². The van der Waals surface area contributed by atoms with E-state index in [1.807, 2.05) is 6.92 Å². The lowest BCUT2D eigenvalue weighted by Crippen LogP contribution is -2.31. The topological polar surface area (TPSA) is 111 Å². The third kappa shape index (κ3) is 4.87. The van der Waals surface area contributed by atoms with Crippen LogP contribution >= 0.6 is 15.9 Å². The van der Waals surface area contributed by atoms with Gasteiger partial charge in [-0.25, -0.2) is 9.67 Å². The lowest BCUT2D eigenvalue weighted by Gasteiger charge is -2.17. The molecule has 4 heterocycles. The molecule has 10 nitrogen and oxygen atoms in total. The normalized spacial score (nSPS) is 11.0. The molecule has 35 heavy (non-hydrogen) atoms. The number of fused-ring (bicyclic) bond motifs is 1. The summed E-state index contributed by atoms with van der Waals surface area (Å²) in [7, 11) is 3.34. The molecule has 1 amide bonds. The highest BCUT2D eigenvalue weighted by molar-refractivity contribution is 9.10. The number of pyridine rings is 2. The van der Waals surface area contributed by atoms with Crippen molar-refractivity contribution in [2.24, 2.45) is 7.05 Å². The lowest BCUT2D eigenvalue weighted by atomic mass is 10.1. The van der Waals surface area contributed by atoms with Gasteiger partial charge in [0, 0.05) is 31.1 Å². The number of aromatic nitrogens is 6. The maximum Gasteiger partial charge on any atom is 0.274 e. The number of rotatable bonds is 9. The number of nitrogens with zero attached hydrogens (tertiary/aromatic N) is 6. The molecule has 4 aromatic heterocycles. The van der Waals surface area contributed by atoms with E-state index in [1.165, 1.54) is 21.8 Å². The molecular formula is C23H23BrFN7O3. The number of likely N-dealkylation sites (N-methyl/N-ethyl adjacent to an activating group) is 1. The molecular weight excluding hydrogens is 521 g/mol. The number of hydrogen-bond acceptors (Lipinski definition) is 7. The van der Waals surface area contributed by atoms with E-state index >= 15 is 0 Å². The zero-order valence-corrected chi connectivity index (χ0v) is 21.0.